The molecule has 1 aliphatic rings. The van der Waals surface area contributed by atoms with E-state index in [1.807, 2.05) is 6.20 Å². The zero-order valence-electron chi connectivity index (χ0n) is 11.0. The van der Waals surface area contributed by atoms with Gasteiger partial charge in [0.05, 0.1) is 11.9 Å². The SMILES string of the molecule is CC1(c2cn[nH]n2)CCCCCCCCCC1. The molecule has 0 atom stereocenters. The Morgan fingerprint density at radius 2 is 1.47 bits per heavy atom. The maximum Gasteiger partial charge on any atom is 0.0883 e. The molecule has 0 bridgehead atoms. The Morgan fingerprint density at radius 1 is 0.941 bits per heavy atom. The molecule has 1 aromatic rings. The first-order valence-electron chi connectivity index (χ1n) is 7.17. The molecule has 0 spiro atoms. The first kappa shape index (κ1) is 12.6. The second kappa shape index (κ2) is 6.18. The second-order valence-corrected chi connectivity index (χ2v) is 5.74. The Kier molecular flexibility index (Phi) is 4.57. The Labute approximate surface area is 104 Å². The molecule has 0 radical (unpaired) electrons. The zero-order valence-corrected chi connectivity index (χ0v) is 11.0. The smallest absolute Gasteiger partial charge is 0.0883 e. The molecule has 96 valence electrons. The molecule has 0 unspecified atom stereocenters. The van der Waals surface area contributed by atoms with Crippen molar-refractivity contribution in [2.45, 2.75) is 76.5 Å². The van der Waals surface area contributed by atoms with Crippen molar-refractivity contribution >= 4 is 0 Å². The molecule has 2 rings (SSSR count). The maximum atomic E-state index is 4.33. The van der Waals surface area contributed by atoms with Gasteiger partial charge in [0, 0.05) is 5.41 Å². The van der Waals surface area contributed by atoms with Crippen LogP contribution in [0.2, 0.25) is 0 Å². The first-order valence-corrected chi connectivity index (χ1v) is 7.17. The molecule has 0 aromatic carbocycles. The van der Waals surface area contributed by atoms with Gasteiger partial charge in [-0.15, -0.1) is 0 Å². The topological polar surface area (TPSA) is 41.6 Å². The molecular weight excluding hydrogens is 210 g/mol. The number of rotatable bonds is 1. The summed E-state index contributed by atoms with van der Waals surface area (Å²) in [5.41, 5.74) is 1.41. The summed E-state index contributed by atoms with van der Waals surface area (Å²) in [4.78, 5) is 0. The highest BCUT2D eigenvalue weighted by molar-refractivity contribution is 5.09. The number of H-pyrrole nitrogens is 1. The summed E-state index contributed by atoms with van der Waals surface area (Å²) in [5.74, 6) is 0. The van der Waals surface area contributed by atoms with Crippen LogP contribution in [0.25, 0.3) is 0 Å². The lowest BCUT2D eigenvalue weighted by Gasteiger charge is -2.27. The number of hydrogen-bond donors (Lipinski definition) is 1. The van der Waals surface area contributed by atoms with Crippen LogP contribution in [0.5, 0.6) is 0 Å². The van der Waals surface area contributed by atoms with Crippen LogP contribution in [0.3, 0.4) is 0 Å². The summed E-state index contributed by atoms with van der Waals surface area (Å²) in [6, 6.07) is 0. The molecule has 3 heteroatoms. The fourth-order valence-electron chi connectivity index (χ4n) is 2.96. The summed E-state index contributed by atoms with van der Waals surface area (Å²) >= 11 is 0. The molecular formula is C14H25N3. The van der Waals surface area contributed by atoms with E-state index in [0.717, 1.165) is 5.69 Å². The highest BCUT2D eigenvalue weighted by Crippen LogP contribution is 2.34. The number of aromatic amines is 1. The van der Waals surface area contributed by atoms with Gasteiger partial charge < -0.3 is 0 Å². The van der Waals surface area contributed by atoms with Gasteiger partial charge in [-0.05, 0) is 12.8 Å². The van der Waals surface area contributed by atoms with Crippen LogP contribution >= 0.6 is 0 Å². The van der Waals surface area contributed by atoms with Crippen molar-refractivity contribution in [3.63, 3.8) is 0 Å². The summed E-state index contributed by atoms with van der Waals surface area (Å²) in [5, 5.41) is 11.1. The third-order valence-corrected chi connectivity index (χ3v) is 4.24. The van der Waals surface area contributed by atoms with Gasteiger partial charge >= 0.3 is 0 Å². The van der Waals surface area contributed by atoms with Crippen molar-refractivity contribution in [2.75, 3.05) is 0 Å². The second-order valence-electron chi connectivity index (χ2n) is 5.74. The molecule has 1 N–H and O–H groups in total. The molecule has 1 saturated carbocycles. The van der Waals surface area contributed by atoms with Gasteiger partial charge in [-0.3, -0.25) is 0 Å². The lowest BCUT2D eigenvalue weighted by Crippen LogP contribution is -2.22. The molecule has 17 heavy (non-hydrogen) atoms. The van der Waals surface area contributed by atoms with Gasteiger partial charge in [0.15, 0.2) is 0 Å². The molecule has 1 aliphatic carbocycles. The van der Waals surface area contributed by atoms with E-state index in [1.165, 1.54) is 64.2 Å². The largest absolute Gasteiger partial charge is 0.198 e. The Balaban J connectivity index is 2.01. The monoisotopic (exact) mass is 235 g/mol. The van der Waals surface area contributed by atoms with Crippen LogP contribution < -0.4 is 0 Å². The third kappa shape index (κ3) is 3.55. The van der Waals surface area contributed by atoms with Crippen LogP contribution in [0.1, 0.15) is 76.8 Å². The quantitative estimate of drug-likeness (QED) is 0.800. The van der Waals surface area contributed by atoms with E-state index in [4.69, 9.17) is 0 Å². The fourth-order valence-corrected chi connectivity index (χ4v) is 2.96. The van der Waals surface area contributed by atoms with E-state index in [9.17, 15) is 0 Å². The summed E-state index contributed by atoms with van der Waals surface area (Å²) in [6.45, 7) is 2.36. The zero-order chi connectivity index (χ0) is 12.0. The van der Waals surface area contributed by atoms with E-state index in [0.29, 0.717) is 0 Å². The van der Waals surface area contributed by atoms with E-state index in [1.54, 1.807) is 0 Å². The van der Waals surface area contributed by atoms with E-state index in [-0.39, 0.29) is 5.41 Å². The normalized spacial score (nSPS) is 22.9. The number of nitrogens with one attached hydrogen (secondary N) is 1. The van der Waals surface area contributed by atoms with Crippen molar-refractivity contribution in [1.29, 1.82) is 0 Å². The highest BCUT2D eigenvalue weighted by atomic mass is 15.3. The van der Waals surface area contributed by atoms with Crippen molar-refractivity contribution < 1.29 is 0 Å². The Hall–Kier alpha value is -0.860. The van der Waals surface area contributed by atoms with E-state index in [2.05, 4.69) is 22.3 Å². The molecule has 1 fully saturated rings. The predicted octanol–water partition coefficient (Wildman–Crippen LogP) is 3.98. The standard InChI is InChI=1S/C14H25N3/c1-14(13-12-15-17-16-13)10-8-6-4-2-3-5-7-9-11-14/h12H,2-11H2,1H3,(H,15,16,17). The third-order valence-electron chi connectivity index (χ3n) is 4.24. The highest BCUT2D eigenvalue weighted by Gasteiger charge is 2.28. The minimum atomic E-state index is 0.247. The molecule has 0 amide bonds. The van der Waals surface area contributed by atoms with Crippen LogP contribution in [0, 0.1) is 0 Å². The minimum absolute atomic E-state index is 0.247. The van der Waals surface area contributed by atoms with Crippen molar-refractivity contribution in [2.24, 2.45) is 0 Å². The Morgan fingerprint density at radius 3 is 1.94 bits per heavy atom. The Bertz CT molecular complexity index is 293. The molecule has 0 aliphatic heterocycles. The van der Waals surface area contributed by atoms with Gasteiger partial charge in [-0.2, -0.15) is 15.4 Å². The van der Waals surface area contributed by atoms with E-state index >= 15 is 0 Å². The maximum absolute atomic E-state index is 4.33. The van der Waals surface area contributed by atoms with Crippen LogP contribution in [-0.4, -0.2) is 15.4 Å². The number of aromatic nitrogens is 3. The summed E-state index contributed by atoms with van der Waals surface area (Å²) in [6.07, 6.45) is 15.6. The molecule has 0 saturated heterocycles. The van der Waals surface area contributed by atoms with Gasteiger partial charge in [-0.25, -0.2) is 0 Å². The summed E-state index contributed by atoms with van der Waals surface area (Å²) < 4.78 is 0. The first-order chi connectivity index (χ1) is 8.31. The van der Waals surface area contributed by atoms with E-state index < -0.39 is 0 Å². The van der Waals surface area contributed by atoms with Gasteiger partial charge in [0.25, 0.3) is 0 Å². The van der Waals surface area contributed by atoms with Crippen LogP contribution in [-0.2, 0) is 5.41 Å². The number of hydrogen-bond acceptors (Lipinski definition) is 2. The lowest BCUT2D eigenvalue weighted by molar-refractivity contribution is 0.360. The minimum Gasteiger partial charge on any atom is -0.198 e. The average molecular weight is 235 g/mol. The number of nitrogens with zero attached hydrogens (tertiary/aromatic N) is 2. The fraction of sp³-hybridized carbons (Fsp3) is 0.857. The van der Waals surface area contributed by atoms with Crippen LogP contribution in [0.15, 0.2) is 6.20 Å². The van der Waals surface area contributed by atoms with Crippen molar-refractivity contribution in [3.05, 3.63) is 11.9 Å². The summed E-state index contributed by atoms with van der Waals surface area (Å²) in [7, 11) is 0. The molecule has 1 heterocycles. The van der Waals surface area contributed by atoms with Gasteiger partial charge in [0.1, 0.15) is 0 Å². The molecule has 1 aromatic heterocycles. The van der Waals surface area contributed by atoms with Crippen molar-refractivity contribution in [1.82, 2.24) is 15.4 Å². The van der Waals surface area contributed by atoms with Crippen LogP contribution in [0.4, 0.5) is 0 Å². The van der Waals surface area contributed by atoms with Gasteiger partial charge in [-0.1, -0.05) is 58.3 Å². The molecule has 3 nitrogen and oxygen atoms in total. The van der Waals surface area contributed by atoms with Gasteiger partial charge in [0.2, 0.25) is 0 Å². The lowest BCUT2D eigenvalue weighted by atomic mass is 9.77. The predicted molar refractivity (Wildman–Crippen MR) is 69.9 cm³/mol. The van der Waals surface area contributed by atoms with Crippen molar-refractivity contribution in [3.8, 4) is 0 Å². The average Bonchev–Trinajstić information content (AvgIpc) is 2.84.